The molecule has 1 amide bonds. The zero-order chi connectivity index (χ0) is 12.7. The second-order valence-corrected chi connectivity index (χ2v) is 5.07. The minimum atomic E-state index is -0.299. The monoisotopic (exact) mass is 246 g/mol. The number of nitrogens with two attached hydrogens (primary N) is 1. The highest BCUT2D eigenvalue weighted by Gasteiger charge is 2.30. The summed E-state index contributed by atoms with van der Waals surface area (Å²) in [7, 11) is 0. The third-order valence-electron chi connectivity index (χ3n) is 3.66. The number of hydrogen-bond donors (Lipinski definition) is 2. The lowest BCUT2D eigenvalue weighted by atomic mass is 9.92. The fourth-order valence-corrected chi connectivity index (χ4v) is 2.49. The van der Waals surface area contributed by atoms with Crippen LogP contribution in [-0.2, 0) is 4.79 Å². The summed E-state index contributed by atoms with van der Waals surface area (Å²) in [6.45, 7) is 0. The largest absolute Gasteiger partial charge is 0.369 e. The highest BCUT2D eigenvalue weighted by molar-refractivity contribution is 5.91. The number of fused-ring (bicyclic) bond motifs is 1. The van der Waals surface area contributed by atoms with Gasteiger partial charge in [0.05, 0.1) is 5.92 Å². The van der Waals surface area contributed by atoms with Crippen molar-refractivity contribution in [3.05, 3.63) is 35.8 Å². The first-order valence-electron chi connectivity index (χ1n) is 6.21. The number of hydrogen-bond acceptors (Lipinski definition) is 1. The number of benzene rings is 1. The van der Waals surface area contributed by atoms with E-state index < -0.39 is 0 Å². The summed E-state index contributed by atoms with van der Waals surface area (Å²) in [5.74, 6) is -0.231. The van der Waals surface area contributed by atoms with Gasteiger partial charge in [-0.2, -0.15) is 0 Å². The number of amides is 1. The van der Waals surface area contributed by atoms with Gasteiger partial charge in [0.15, 0.2) is 0 Å². The zero-order valence-electron chi connectivity index (χ0n) is 9.95. The third-order valence-corrected chi connectivity index (χ3v) is 3.66. The standard InChI is InChI=1S/C14H15FN2O/c15-9-3-4-10-12(7-17-13(10)6-9)11(14(16)18)5-8-1-2-8/h3-4,6-8,11,17H,1-2,5H2,(H2,16,18). The molecule has 1 aromatic carbocycles. The summed E-state index contributed by atoms with van der Waals surface area (Å²) >= 11 is 0. The maximum Gasteiger partial charge on any atom is 0.225 e. The number of carbonyl (C=O) groups is 1. The van der Waals surface area contributed by atoms with Gasteiger partial charge in [-0.3, -0.25) is 4.79 Å². The molecule has 0 aliphatic heterocycles. The fourth-order valence-electron chi connectivity index (χ4n) is 2.49. The molecule has 2 aromatic rings. The number of aromatic amines is 1. The van der Waals surface area contributed by atoms with Gasteiger partial charge in [0, 0.05) is 17.1 Å². The molecule has 3 N–H and O–H groups in total. The lowest BCUT2D eigenvalue weighted by Gasteiger charge is -2.11. The van der Waals surface area contributed by atoms with E-state index in [0.29, 0.717) is 11.4 Å². The Kier molecular flexibility index (Phi) is 2.58. The predicted molar refractivity (Wildman–Crippen MR) is 67.5 cm³/mol. The molecule has 94 valence electrons. The molecular weight excluding hydrogens is 231 g/mol. The van der Waals surface area contributed by atoms with Crippen molar-refractivity contribution in [2.24, 2.45) is 11.7 Å². The molecule has 1 saturated carbocycles. The van der Waals surface area contributed by atoms with Gasteiger partial charge in [0.1, 0.15) is 5.82 Å². The Morgan fingerprint density at radius 2 is 2.28 bits per heavy atom. The van der Waals surface area contributed by atoms with Crippen molar-refractivity contribution < 1.29 is 9.18 Å². The summed E-state index contributed by atoms with van der Waals surface area (Å²) in [6, 6.07) is 4.56. The van der Waals surface area contributed by atoms with E-state index in [1.807, 2.05) is 0 Å². The van der Waals surface area contributed by atoms with Crippen molar-refractivity contribution in [1.82, 2.24) is 4.98 Å². The topological polar surface area (TPSA) is 58.9 Å². The van der Waals surface area contributed by atoms with Crippen LogP contribution in [0.1, 0.15) is 30.7 Å². The van der Waals surface area contributed by atoms with E-state index in [-0.39, 0.29) is 17.6 Å². The van der Waals surface area contributed by atoms with Crippen LogP contribution in [0.2, 0.25) is 0 Å². The SMILES string of the molecule is NC(=O)C(CC1CC1)c1c[nH]c2cc(F)ccc12. The minimum absolute atomic E-state index is 0.267. The summed E-state index contributed by atoms with van der Waals surface area (Å²) in [6.07, 6.45) is 4.95. The predicted octanol–water partition coefficient (Wildman–Crippen LogP) is 2.68. The summed E-state index contributed by atoms with van der Waals surface area (Å²) in [5.41, 5.74) is 7.11. The normalized spacial score (nSPS) is 16.9. The summed E-state index contributed by atoms with van der Waals surface area (Å²) in [4.78, 5) is 14.6. The van der Waals surface area contributed by atoms with Gasteiger partial charge in [-0.1, -0.05) is 12.8 Å². The molecule has 1 unspecified atom stereocenters. The highest BCUT2D eigenvalue weighted by Crippen LogP contribution is 2.40. The van der Waals surface area contributed by atoms with Crippen LogP contribution in [0.4, 0.5) is 4.39 Å². The fraction of sp³-hybridized carbons (Fsp3) is 0.357. The second kappa shape index (κ2) is 4.12. The minimum Gasteiger partial charge on any atom is -0.369 e. The molecule has 1 heterocycles. The van der Waals surface area contributed by atoms with Crippen molar-refractivity contribution >= 4 is 16.8 Å². The molecule has 3 rings (SSSR count). The van der Waals surface area contributed by atoms with Gasteiger partial charge < -0.3 is 10.7 Å². The first-order chi connectivity index (χ1) is 8.65. The van der Waals surface area contributed by atoms with Crippen molar-refractivity contribution in [2.75, 3.05) is 0 Å². The third kappa shape index (κ3) is 1.98. The molecule has 1 aliphatic rings. The Balaban J connectivity index is 2.02. The van der Waals surface area contributed by atoms with Crippen LogP contribution in [0.15, 0.2) is 24.4 Å². The van der Waals surface area contributed by atoms with Crippen LogP contribution >= 0.6 is 0 Å². The maximum absolute atomic E-state index is 13.1. The lowest BCUT2D eigenvalue weighted by molar-refractivity contribution is -0.119. The van der Waals surface area contributed by atoms with E-state index in [0.717, 1.165) is 17.4 Å². The number of halogens is 1. The van der Waals surface area contributed by atoms with E-state index in [4.69, 9.17) is 5.73 Å². The van der Waals surface area contributed by atoms with Crippen LogP contribution in [0.5, 0.6) is 0 Å². The van der Waals surface area contributed by atoms with Gasteiger partial charge in [-0.15, -0.1) is 0 Å². The Bertz CT molecular complexity index is 601. The number of aromatic nitrogens is 1. The lowest BCUT2D eigenvalue weighted by Crippen LogP contribution is -2.21. The first kappa shape index (κ1) is 11.3. The van der Waals surface area contributed by atoms with Crippen LogP contribution in [0.25, 0.3) is 10.9 Å². The number of nitrogens with one attached hydrogen (secondary N) is 1. The Morgan fingerprint density at radius 1 is 1.50 bits per heavy atom. The van der Waals surface area contributed by atoms with E-state index in [9.17, 15) is 9.18 Å². The van der Waals surface area contributed by atoms with E-state index >= 15 is 0 Å². The van der Waals surface area contributed by atoms with Crippen LogP contribution < -0.4 is 5.73 Å². The van der Waals surface area contributed by atoms with E-state index in [2.05, 4.69) is 4.98 Å². The van der Waals surface area contributed by atoms with Crippen molar-refractivity contribution in [2.45, 2.75) is 25.2 Å². The number of H-pyrrole nitrogens is 1. The van der Waals surface area contributed by atoms with Crippen molar-refractivity contribution in [1.29, 1.82) is 0 Å². The molecule has 0 bridgehead atoms. The number of carbonyl (C=O) groups excluding carboxylic acids is 1. The quantitative estimate of drug-likeness (QED) is 0.856. The van der Waals surface area contributed by atoms with Crippen molar-refractivity contribution in [3.63, 3.8) is 0 Å². The van der Waals surface area contributed by atoms with Crippen LogP contribution in [0.3, 0.4) is 0 Å². The average Bonchev–Trinajstić information content (AvgIpc) is 3.06. The molecule has 0 radical (unpaired) electrons. The molecule has 0 spiro atoms. The summed E-state index contributed by atoms with van der Waals surface area (Å²) in [5, 5.41) is 0.890. The van der Waals surface area contributed by atoms with Crippen LogP contribution in [-0.4, -0.2) is 10.9 Å². The Hall–Kier alpha value is -1.84. The Labute approximate surface area is 104 Å². The maximum atomic E-state index is 13.1. The second-order valence-electron chi connectivity index (χ2n) is 5.07. The van der Waals surface area contributed by atoms with Gasteiger partial charge in [0.2, 0.25) is 5.91 Å². The molecule has 4 heteroatoms. The van der Waals surface area contributed by atoms with E-state index in [1.54, 1.807) is 12.3 Å². The average molecular weight is 246 g/mol. The molecule has 1 atom stereocenters. The van der Waals surface area contributed by atoms with Gasteiger partial charge in [0.25, 0.3) is 0 Å². The number of rotatable bonds is 4. The van der Waals surface area contributed by atoms with E-state index in [1.165, 1.54) is 25.0 Å². The Morgan fingerprint density at radius 3 is 2.94 bits per heavy atom. The smallest absolute Gasteiger partial charge is 0.225 e. The molecular formula is C14H15FN2O. The van der Waals surface area contributed by atoms with Gasteiger partial charge in [-0.25, -0.2) is 4.39 Å². The molecule has 1 aromatic heterocycles. The van der Waals surface area contributed by atoms with Gasteiger partial charge in [-0.05, 0) is 36.1 Å². The zero-order valence-corrected chi connectivity index (χ0v) is 9.95. The highest BCUT2D eigenvalue weighted by atomic mass is 19.1. The summed E-state index contributed by atoms with van der Waals surface area (Å²) < 4.78 is 13.1. The van der Waals surface area contributed by atoms with Crippen molar-refractivity contribution in [3.8, 4) is 0 Å². The molecule has 18 heavy (non-hydrogen) atoms. The van der Waals surface area contributed by atoms with Crippen LogP contribution in [0, 0.1) is 11.7 Å². The first-order valence-corrected chi connectivity index (χ1v) is 6.21. The number of primary amides is 1. The molecule has 3 nitrogen and oxygen atoms in total. The van der Waals surface area contributed by atoms with Gasteiger partial charge >= 0.3 is 0 Å². The molecule has 1 fully saturated rings. The molecule has 1 aliphatic carbocycles. The molecule has 0 saturated heterocycles.